The molecule has 0 spiro atoms. The molecule has 0 saturated carbocycles. The Labute approximate surface area is 168 Å². The normalized spacial score (nSPS) is 13.8. The molecule has 7 nitrogen and oxygen atoms in total. The van der Waals surface area contributed by atoms with Crippen LogP contribution in [0.15, 0.2) is 48.5 Å². The topological polar surface area (TPSA) is 92.8 Å². The number of aryl methyl sites for hydroxylation is 1. The van der Waals surface area contributed by atoms with Gasteiger partial charge in [0.05, 0.1) is 17.3 Å². The summed E-state index contributed by atoms with van der Waals surface area (Å²) in [6.07, 6.45) is 0.684. The zero-order valence-electron chi connectivity index (χ0n) is 16.3. The molecular formula is C22H22N2O5. The van der Waals surface area contributed by atoms with Crippen LogP contribution in [0.1, 0.15) is 40.9 Å². The molecule has 0 radical (unpaired) electrons. The van der Waals surface area contributed by atoms with Gasteiger partial charge in [0.2, 0.25) is 0 Å². The Balaban J connectivity index is 1.54. The number of carbonyl (C=O) groups excluding carboxylic acids is 4. The SMILES string of the molecule is CC[C@H](NC(=O)COC(=O)CN1C(=O)C(=O)c2ccccc21)c1ccc(C)cc1. The largest absolute Gasteiger partial charge is 0.454 e. The number of amides is 2. The van der Waals surface area contributed by atoms with Gasteiger partial charge in [-0.1, -0.05) is 48.9 Å². The number of anilines is 1. The molecule has 7 heteroatoms. The minimum absolute atomic E-state index is 0.188. The van der Waals surface area contributed by atoms with Crippen LogP contribution in [0.5, 0.6) is 0 Å². The van der Waals surface area contributed by atoms with E-state index in [2.05, 4.69) is 5.32 Å². The molecule has 0 aromatic heterocycles. The summed E-state index contributed by atoms with van der Waals surface area (Å²) in [6.45, 7) is 3.05. The third-order valence-corrected chi connectivity index (χ3v) is 4.75. The van der Waals surface area contributed by atoms with Crippen molar-refractivity contribution in [3.8, 4) is 0 Å². The molecule has 0 fully saturated rings. The van der Waals surface area contributed by atoms with E-state index < -0.39 is 36.7 Å². The number of esters is 1. The number of Topliss-reactive ketones (excluding diaryl/α,β-unsaturated/α-hetero) is 1. The Morgan fingerprint density at radius 2 is 1.76 bits per heavy atom. The first-order valence-electron chi connectivity index (χ1n) is 9.37. The highest BCUT2D eigenvalue weighted by molar-refractivity contribution is 6.52. The van der Waals surface area contributed by atoms with Crippen molar-refractivity contribution in [2.24, 2.45) is 0 Å². The number of nitrogens with one attached hydrogen (secondary N) is 1. The summed E-state index contributed by atoms with van der Waals surface area (Å²) in [7, 11) is 0. The van der Waals surface area contributed by atoms with Gasteiger partial charge in [0.1, 0.15) is 6.54 Å². The molecule has 3 rings (SSSR count). The zero-order chi connectivity index (χ0) is 21.0. The molecule has 1 heterocycles. The molecule has 1 atom stereocenters. The maximum atomic E-state index is 12.2. The zero-order valence-corrected chi connectivity index (χ0v) is 16.3. The summed E-state index contributed by atoms with van der Waals surface area (Å²) < 4.78 is 5.01. The highest BCUT2D eigenvalue weighted by Crippen LogP contribution is 2.28. The highest BCUT2D eigenvalue weighted by Gasteiger charge is 2.36. The van der Waals surface area contributed by atoms with Crippen molar-refractivity contribution in [2.75, 3.05) is 18.1 Å². The number of hydrogen-bond donors (Lipinski definition) is 1. The van der Waals surface area contributed by atoms with E-state index >= 15 is 0 Å². The summed E-state index contributed by atoms with van der Waals surface area (Å²) in [5.74, 6) is -2.63. The second-order valence-electron chi connectivity index (χ2n) is 6.84. The number of nitrogens with zero attached hydrogens (tertiary/aromatic N) is 1. The second-order valence-corrected chi connectivity index (χ2v) is 6.84. The molecule has 2 amide bonds. The smallest absolute Gasteiger partial charge is 0.326 e. The van der Waals surface area contributed by atoms with E-state index in [4.69, 9.17) is 4.74 Å². The fraction of sp³-hybridized carbons (Fsp3) is 0.273. The van der Waals surface area contributed by atoms with Crippen LogP contribution in [-0.4, -0.2) is 36.7 Å². The van der Waals surface area contributed by atoms with Gasteiger partial charge in [-0.2, -0.15) is 0 Å². The van der Waals surface area contributed by atoms with Gasteiger partial charge in [0.15, 0.2) is 6.61 Å². The van der Waals surface area contributed by atoms with Crippen LogP contribution in [0.25, 0.3) is 0 Å². The van der Waals surface area contributed by atoms with Crippen LogP contribution in [0.3, 0.4) is 0 Å². The minimum Gasteiger partial charge on any atom is -0.454 e. The van der Waals surface area contributed by atoms with Crippen LogP contribution >= 0.6 is 0 Å². The van der Waals surface area contributed by atoms with Gasteiger partial charge < -0.3 is 10.1 Å². The Kier molecular flexibility index (Phi) is 6.07. The lowest BCUT2D eigenvalue weighted by Gasteiger charge is -2.18. The predicted octanol–water partition coefficient (Wildman–Crippen LogP) is 2.34. The van der Waals surface area contributed by atoms with E-state index in [9.17, 15) is 19.2 Å². The van der Waals surface area contributed by atoms with Crippen molar-refractivity contribution < 1.29 is 23.9 Å². The fourth-order valence-electron chi connectivity index (χ4n) is 3.18. The summed E-state index contributed by atoms with van der Waals surface area (Å²) in [5.41, 5.74) is 2.72. The number of ether oxygens (including phenoxy) is 1. The number of carbonyl (C=O) groups is 4. The molecule has 1 aliphatic rings. The molecule has 2 aromatic rings. The number of rotatable bonds is 7. The lowest BCUT2D eigenvalue weighted by molar-refractivity contribution is -0.147. The third kappa shape index (κ3) is 4.51. The van der Waals surface area contributed by atoms with E-state index in [1.54, 1.807) is 18.2 Å². The maximum absolute atomic E-state index is 12.2. The monoisotopic (exact) mass is 394 g/mol. The van der Waals surface area contributed by atoms with Gasteiger partial charge in [-0.05, 0) is 31.0 Å². The molecule has 1 N–H and O–H groups in total. The standard InChI is InChI=1S/C22H22N2O5/c1-3-17(15-10-8-14(2)9-11-15)23-19(25)13-29-20(26)12-24-18-7-5-4-6-16(18)21(27)22(24)28/h4-11,17H,3,12-13H2,1-2H3,(H,23,25)/t17-/m0/s1. The average Bonchev–Trinajstić information content (AvgIpc) is 2.96. The van der Waals surface area contributed by atoms with Gasteiger partial charge >= 0.3 is 5.97 Å². The van der Waals surface area contributed by atoms with Crippen LogP contribution in [0.4, 0.5) is 5.69 Å². The molecule has 29 heavy (non-hydrogen) atoms. The van der Waals surface area contributed by atoms with Gasteiger partial charge in [-0.3, -0.25) is 24.1 Å². The molecular weight excluding hydrogens is 372 g/mol. The number of benzene rings is 2. The van der Waals surface area contributed by atoms with Gasteiger partial charge in [0.25, 0.3) is 17.6 Å². The average molecular weight is 394 g/mol. The van der Waals surface area contributed by atoms with Crippen molar-refractivity contribution in [1.29, 1.82) is 0 Å². The van der Waals surface area contributed by atoms with Crippen LogP contribution < -0.4 is 10.2 Å². The summed E-state index contributed by atoms with van der Waals surface area (Å²) >= 11 is 0. The van der Waals surface area contributed by atoms with Crippen molar-refractivity contribution in [2.45, 2.75) is 26.3 Å². The Morgan fingerprint density at radius 3 is 2.45 bits per heavy atom. The third-order valence-electron chi connectivity index (χ3n) is 4.75. The van der Waals surface area contributed by atoms with E-state index in [0.29, 0.717) is 12.1 Å². The van der Waals surface area contributed by atoms with E-state index in [1.165, 1.54) is 6.07 Å². The molecule has 1 aliphatic heterocycles. The molecule has 0 bridgehead atoms. The van der Waals surface area contributed by atoms with E-state index in [0.717, 1.165) is 16.0 Å². The summed E-state index contributed by atoms with van der Waals surface area (Å²) in [5, 5.41) is 2.83. The van der Waals surface area contributed by atoms with Crippen LogP contribution in [0.2, 0.25) is 0 Å². The second kappa shape index (κ2) is 8.68. The van der Waals surface area contributed by atoms with Crippen LogP contribution in [-0.2, 0) is 19.1 Å². The molecule has 150 valence electrons. The predicted molar refractivity (Wildman–Crippen MR) is 106 cm³/mol. The summed E-state index contributed by atoms with van der Waals surface area (Å²) in [4.78, 5) is 49.4. The van der Waals surface area contributed by atoms with Crippen molar-refractivity contribution >= 4 is 29.3 Å². The van der Waals surface area contributed by atoms with Gasteiger partial charge in [0, 0.05) is 0 Å². The lowest BCUT2D eigenvalue weighted by atomic mass is 10.0. The number of hydrogen-bond acceptors (Lipinski definition) is 5. The lowest BCUT2D eigenvalue weighted by Crippen LogP contribution is -2.37. The molecule has 2 aromatic carbocycles. The number of ketones is 1. The first kappa shape index (κ1) is 20.3. The molecule has 0 unspecified atom stereocenters. The van der Waals surface area contributed by atoms with E-state index in [1.807, 2.05) is 38.1 Å². The highest BCUT2D eigenvalue weighted by atomic mass is 16.5. The van der Waals surface area contributed by atoms with Gasteiger partial charge in [-0.25, -0.2) is 0 Å². The molecule has 0 aliphatic carbocycles. The van der Waals surface area contributed by atoms with E-state index in [-0.39, 0.29) is 11.6 Å². The molecule has 0 saturated heterocycles. The van der Waals surface area contributed by atoms with Crippen molar-refractivity contribution in [3.63, 3.8) is 0 Å². The minimum atomic E-state index is -0.780. The number of fused-ring (bicyclic) bond motifs is 1. The van der Waals surface area contributed by atoms with Crippen molar-refractivity contribution in [1.82, 2.24) is 5.32 Å². The first-order valence-corrected chi connectivity index (χ1v) is 9.37. The maximum Gasteiger partial charge on any atom is 0.326 e. The van der Waals surface area contributed by atoms with Gasteiger partial charge in [-0.15, -0.1) is 0 Å². The number of para-hydroxylation sites is 1. The quantitative estimate of drug-likeness (QED) is 0.575. The summed E-state index contributed by atoms with van der Waals surface area (Å²) in [6, 6.07) is 14.1. The Morgan fingerprint density at radius 1 is 1.07 bits per heavy atom. The van der Waals surface area contributed by atoms with Crippen molar-refractivity contribution in [3.05, 3.63) is 65.2 Å². The first-order chi connectivity index (χ1) is 13.9. The Bertz CT molecular complexity index is 952. The fourth-order valence-corrected chi connectivity index (χ4v) is 3.18. The van der Waals surface area contributed by atoms with Crippen LogP contribution in [0, 0.1) is 6.92 Å². The Hall–Kier alpha value is -3.48.